The van der Waals surface area contributed by atoms with Crippen molar-refractivity contribution in [2.24, 2.45) is 0 Å². The van der Waals surface area contributed by atoms with Crippen molar-refractivity contribution < 1.29 is 8.42 Å². The molecule has 0 aliphatic carbocycles. The lowest BCUT2D eigenvalue weighted by molar-refractivity contribution is 0.603. The monoisotopic (exact) mass is 275 g/mol. The number of rotatable bonds is 7. The van der Waals surface area contributed by atoms with E-state index in [-0.39, 0.29) is 5.75 Å². The Bertz CT molecular complexity index is 449. The highest BCUT2D eigenvalue weighted by Crippen LogP contribution is 2.15. The molecule has 0 aliphatic heterocycles. The van der Waals surface area contributed by atoms with Crippen molar-refractivity contribution in [3.8, 4) is 0 Å². The van der Waals surface area contributed by atoms with E-state index in [0.29, 0.717) is 11.7 Å². The Hall–Kier alpha value is -0.820. The van der Waals surface area contributed by atoms with Crippen molar-refractivity contribution in [3.05, 3.63) is 12.3 Å². The summed E-state index contributed by atoms with van der Waals surface area (Å²) in [5.74, 6) is 1.28. The van der Waals surface area contributed by atoms with Gasteiger partial charge in [0, 0.05) is 24.8 Å². The van der Waals surface area contributed by atoms with Gasteiger partial charge in [0.15, 0.2) is 0 Å². The van der Waals surface area contributed by atoms with E-state index in [0.717, 1.165) is 18.0 Å². The fraction of sp³-hybridized carbons (Fsp3) is 0.600. The van der Waals surface area contributed by atoms with Crippen LogP contribution in [0.25, 0.3) is 0 Å². The fourth-order valence-corrected chi connectivity index (χ4v) is 3.10. The minimum atomic E-state index is -2.90. The summed E-state index contributed by atoms with van der Waals surface area (Å²) in [6, 6.07) is 1.78. The van der Waals surface area contributed by atoms with E-state index in [2.05, 4.69) is 22.2 Å². The molecule has 0 aromatic carbocycles. The van der Waals surface area contributed by atoms with Crippen molar-refractivity contribution in [1.29, 1.82) is 0 Å². The molecule has 0 unspecified atom stereocenters. The fourth-order valence-electron chi connectivity index (χ4n) is 1.04. The quantitative estimate of drug-likeness (QED) is 0.599. The van der Waals surface area contributed by atoms with Crippen LogP contribution in [0, 0.1) is 0 Å². The van der Waals surface area contributed by atoms with Crippen molar-refractivity contribution >= 4 is 27.5 Å². The number of sulfone groups is 1. The van der Waals surface area contributed by atoms with Gasteiger partial charge in [-0.25, -0.2) is 18.4 Å². The van der Waals surface area contributed by atoms with E-state index in [1.165, 1.54) is 18.0 Å². The lowest BCUT2D eigenvalue weighted by Crippen LogP contribution is -2.06. The minimum absolute atomic E-state index is 0.166. The van der Waals surface area contributed by atoms with Gasteiger partial charge in [-0.15, -0.1) is 11.8 Å². The predicted molar refractivity (Wildman–Crippen MR) is 71.2 cm³/mol. The van der Waals surface area contributed by atoms with Crippen LogP contribution in [0.3, 0.4) is 0 Å². The zero-order chi connectivity index (χ0) is 12.7. The summed E-state index contributed by atoms with van der Waals surface area (Å²) < 4.78 is 21.9. The third-order valence-corrected chi connectivity index (χ3v) is 4.00. The summed E-state index contributed by atoms with van der Waals surface area (Å²) in [4.78, 5) is 8.36. The largest absolute Gasteiger partial charge is 0.354 e. The maximum absolute atomic E-state index is 11.0. The number of nitrogens with zero attached hydrogens (tertiary/aromatic N) is 2. The van der Waals surface area contributed by atoms with Gasteiger partial charge in [-0.05, 0) is 12.5 Å². The molecule has 1 rings (SSSR count). The highest BCUT2D eigenvalue weighted by molar-refractivity contribution is 8.00. The number of anilines is 1. The molecule has 5 nitrogen and oxygen atoms in total. The molecule has 0 radical (unpaired) electrons. The maximum atomic E-state index is 11.0. The third-order valence-electron chi connectivity index (χ3n) is 1.87. The molecule has 96 valence electrons. The first-order chi connectivity index (χ1) is 8.01. The molecule has 1 N–H and O–H groups in total. The Morgan fingerprint density at radius 2 is 2.24 bits per heavy atom. The summed E-state index contributed by atoms with van der Waals surface area (Å²) in [6.45, 7) is 2.90. The Balaban J connectivity index is 2.48. The lowest BCUT2D eigenvalue weighted by atomic mass is 10.5. The molecule has 0 aliphatic rings. The normalized spacial score (nSPS) is 11.4. The maximum Gasteiger partial charge on any atom is 0.223 e. The second kappa shape index (κ2) is 6.80. The van der Waals surface area contributed by atoms with Gasteiger partial charge in [-0.1, -0.05) is 6.92 Å². The standard InChI is InChI=1S/C10H17N3O2S2/c1-3-5-11-10-12-6-4-9(13-10)16-7-8-17(2,14)15/h4,6H,3,5,7-8H2,1-2H3,(H,11,12,13). The lowest BCUT2D eigenvalue weighted by Gasteiger charge is -2.04. The average molecular weight is 275 g/mol. The van der Waals surface area contributed by atoms with E-state index < -0.39 is 9.84 Å². The predicted octanol–water partition coefficient (Wildman–Crippen LogP) is 1.44. The Morgan fingerprint density at radius 3 is 2.88 bits per heavy atom. The van der Waals surface area contributed by atoms with Crippen LogP contribution in [-0.2, 0) is 9.84 Å². The summed E-state index contributed by atoms with van der Waals surface area (Å²) >= 11 is 1.42. The Kier molecular flexibility index (Phi) is 5.70. The van der Waals surface area contributed by atoms with Gasteiger partial charge < -0.3 is 5.32 Å². The zero-order valence-corrected chi connectivity index (χ0v) is 11.6. The zero-order valence-electron chi connectivity index (χ0n) is 10.0. The van der Waals surface area contributed by atoms with E-state index in [1.54, 1.807) is 12.3 Å². The summed E-state index contributed by atoms with van der Waals surface area (Å²) in [5, 5.41) is 3.88. The second-order valence-corrected chi connectivity index (χ2v) is 7.00. The second-order valence-electron chi connectivity index (χ2n) is 3.62. The molecule has 0 saturated carbocycles. The van der Waals surface area contributed by atoms with Crippen molar-refractivity contribution in [3.63, 3.8) is 0 Å². The van der Waals surface area contributed by atoms with Gasteiger partial charge in [0.25, 0.3) is 0 Å². The average Bonchev–Trinajstić information content (AvgIpc) is 2.25. The van der Waals surface area contributed by atoms with Crippen LogP contribution in [0.4, 0.5) is 5.95 Å². The van der Waals surface area contributed by atoms with E-state index in [9.17, 15) is 8.42 Å². The number of nitrogens with one attached hydrogen (secondary N) is 1. The number of aromatic nitrogens is 2. The van der Waals surface area contributed by atoms with Crippen LogP contribution in [0.1, 0.15) is 13.3 Å². The molecule has 0 spiro atoms. The van der Waals surface area contributed by atoms with Crippen molar-refractivity contribution in [1.82, 2.24) is 9.97 Å². The van der Waals surface area contributed by atoms with Crippen LogP contribution >= 0.6 is 11.8 Å². The SMILES string of the molecule is CCCNc1nccc(SCCS(C)(=O)=O)n1. The van der Waals surface area contributed by atoms with E-state index >= 15 is 0 Å². The summed E-state index contributed by atoms with van der Waals surface area (Å²) in [5.41, 5.74) is 0. The molecule has 1 heterocycles. The smallest absolute Gasteiger partial charge is 0.223 e. The van der Waals surface area contributed by atoms with Crippen molar-refractivity contribution in [2.75, 3.05) is 29.6 Å². The first-order valence-corrected chi connectivity index (χ1v) is 8.43. The van der Waals surface area contributed by atoms with Gasteiger partial charge in [-0.3, -0.25) is 0 Å². The molecule has 0 atom stereocenters. The van der Waals surface area contributed by atoms with Gasteiger partial charge in [0.2, 0.25) is 5.95 Å². The Morgan fingerprint density at radius 1 is 1.47 bits per heavy atom. The molecule has 17 heavy (non-hydrogen) atoms. The summed E-state index contributed by atoms with van der Waals surface area (Å²) in [6.07, 6.45) is 3.92. The molecule has 0 bridgehead atoms. The van der Waals surface area contributed by atoms with Crippen LogP contribution in [0.2, 0.25) is 0 Å². The number of hydrogen-bond donors (Lipinski definition) is 1. The topological polar surface area (TPSA) is 72.0 Å². The molecular weight excluding hydrogens is 258 g/mol. The van der Waals surface area contributed by atoms with Gasteiger partial charge in [-0.2, -0.15) is 0 Å². The van der Waals surface area contributed by atoms with E-state index in [1.807, 2.05) is 0 Å². The van der Waals surface area contributed by atoms with Gasteiger partial charge in [0.05, 0.1) is 5.75 Å². The molecule has 0 amide bonds. The molecule has 1 aromatic heterocycles. The van der Waals surface area contributed by atoms with Crippen LogP contribution in [0.5, 0.6) is 0 Å². The molecule has 0 fully saturated rings. The van der Waals surface area contributed by atoms with Gasteiger partial charge >= 0.3 is 0 Å². The first kappa shape index (κ1) is 14.2. The first-order valence-electron chi connectivity index (χ1n) is 5.38. The third kappa shape index (κ3) is 6.48. The van der Waals surface area contributed by atoms with Crippen LogP contribution in [0.15, 0.2) is 17.3 Å². The molecular formula is C10H17N3O2S2. The highest BCUT2D eigenvalue weighted by Gasteiger charge is 2.04. The van der Waals surface area contributed by atoms with Crippen LogP contribution in [-0.4, -0.2) is 42.7 Å². The van der Waals surface area contributed by atoms with Gasteiger partial charge in [0.1, 0.15) is 14.9 Å². The molecule has 7 heteroatoms. The molecule has 0 saturated heterocycles. The highest BCUT2D eigenvalue weighted by atomic mass is 32.2. The molecule has 1 aromatic rings. The van der Waals surface area contributed by atoms with Crippen LogP contribution < -0.4 is 5.32 Å². The number of hydrogen-bond acceptors (Lipinski definition) is 6. The van der Waals surface area contributed by atoms with Crippen molar-refractivity contribution in [2.45, 2.75) is 18.4 Å². The summed E-state index contributed by atoms with van der Waals surface area (Å²) in [7, 11) is -2.90. The number of thioether (sulfide) groups is 1. The van der Waals surface area contributed by atoms with E-state index in [4.69, 9.17) is 0 Å². The Labute approximate surface area is 106 Å². The minimum Gasteiger partial charge on any atom is -0.354 e.